The molecule has 3 aromatic rings. The van der Waals surface area contributed by atoms with E-state index in [-0.39, 0.29) is 0 Å². The predicted molar refractivity (Wildman–Crippen MR) is 90.4 cm³/mol. The first-order valence-corrected chi connectivity index (χ1v) is 7.52. The molecule has 0 amide bonds. The molecule has 0 aliphatic carbocycles. The minimum absolute atomic E-state index is 0.855. The van der Waals surface area contributed by atoms with E-state index in [0.717, 1.165) is 40.6 Å². The number of pyridine rings is 1. The first-order chi connectivity index (χ1) is 10.7. The zero-order valence-electron chi connectivity index (χ0n) is 13.2. The van der Waals surface area contributed by atoms with Gasteiger partial charge in [-0.1, -0.05) is 18.2 Å². The molecule has 0 atom stereocenters. The van der Waals surface area contributed by atoms with Gasteiger partial charge in [0.05, 0.1) is 11.4 Å². The Balaban J connectivity index is 2.17. The highest BCUT2D eigenvalue weighted by molar-refractivity contribution is 5.70. The Morgan fingerprint density at radius 1 is 1.09 bits per heavy atom. The minimum atomic E-state index is 0.855. The molecule has 0 unspecified atom stereocenters. The number of benzene rings is 1. The van der Waals surface area contributed by atoms with Gasteiger partial charge in [0, 0.05) is 29.6 Å². The molecule has 112 valence electrons. The Bertz CT molecular complexity index is 775. The Morgan fingerprint density at radius 2 is 1.86 bits per heavy atom. The Kier molecular flexibility index (Phi) is 3.92. The number of nitrogens with zero attached hydrogens (tertiary/aromatic N) is 3. The van der Waals surface area contributed by atoms with Gasteiger partial charge in [-0.25, -0.2) is 4.68 Å². The maximum Gasteiger partial charge on any atom is 0.133 e. The van der Waals surface area contributed by atoms with Gasteiger partial charge in [-0.2, -0.15) is 5.10 Å². The average Bonchev–Trinajstić information content (AvgIpc) is 2.86. The molecule has 2 aromatic heterocycles. The molecule has 0 spiro atoms. The highest BCUT2D eigenvalue weighted by Crippen LogP contribution is 2.30. The molecule has 0 saturated heterocycles. The van der Waals surface area contributed by atoms with E-state index in [1.165, 1.54) is 0 Å². The van der Waals surface area contributed by atoms with Crippen LogP contribution in [0.1, 0.15) is 18.2 Å². The summed E-state index contributed by atoms with van der Waals surface area (Å²) in [6, 6.07) is 14.3. The van der Waals surface area contributed by atoms with Crippen LogP contribution in [0.4, 0.5) is 5.82 Å². The second-order valence-corrected chi connectivity index (χ2v) is 5.29. The molecular formula is C18H20N4. The SMILES string of the molecule is CCNc1c(C)c(-c2ccnc(C)c2)nn1-c1ccccc1. The highest BCUT2D eigenvalue weighted by Gasteiger charge is 2.16. The number of rotatable bonds is 4. The van der Waals surface area contributed by atoms with Crippen molar-refractivity contribution in [2.24, 2.45) is 0 Å². The smallest absolute Gasteiger partial charge is 0.133 e. The summed E-state index contributed by atoms with van der Waals surface area (Å²) in [4.78, 5) is 4.27. The van der Waals surface area contributed by atoms with Crippen molar-refractivity contribution in [3.63, 3.8) is 0 Å². The first-order valence-electron chi connectivity index (χ1n) is 7.52. The van der Waals surface area contributed by atoms with Crippen LogP contribution in [0.2, 0.25) is 0 Å². The fourth-order valence-electron chi connectivity index (χ4n) is 2.59. The molecule has 22 heavy (non-hydrogen) atoms. The molecule has 0 bridgehead atoms. The minimum Gasteiger partial charge on any atom is -0.370 e. The molecule has 0 aliphatic heterocycles. The number of aryl methyl sites for hydroxylation is 1. The third-order valence-electron chi connectivity index (χ3n) is 3.64. The van der Waals surface area contributed by atoms with Gasteiger partial charge in [0.1, 0.15) is 5.82 Å². The number of anilines is 1. The van der Waals surface area contributed by atoms with Crippen LogP contribution in [0.25, 0.3) is 16.9 Å². The second-order valence-electron chi connectivity index (χ2n) is 5.29. The van der Waals surface area contributed by atoms with Crippen LogP contribution in [0.3, 0.4) is 0 Å². The van der Waals surface area contributed by atoms with E-state index in [1.807, 2.05) is 42.1 Å². The van der Waals surface area contributed by atoms with Crippen LogP contribution in [0.15, 0.2) is 48.7 Å². The van der Waals surface area contributed by atoms with Crippen LogP contribution in [0.5, 0.6) is 0 Å². The summed E-state index contributed by atoms with van der Waals surface area (Å²) in [5, 5.41) is 8.27. The lowest BCUT2D eigenvalue weighted by molar-refractivity contribution is 0.881. The third kappa shape index (κ3) is 2.60. The van der Waals surface area contributed by atoms with E-state index in [2.05, 4.69) is 42.3 Å². The van der Waals surface area contributed by atoms with Crippen LogP contribution in [0, 0.1) is 13.8 Å². The van der Waals surface area contributed by atoms with Crippen molar-refractivity contribution in [3.8, 4) is 16.9 Å². The molecule has 0 aliphatic rings. The first kappa shape index (κ1) is 14.3. The van der Waals surface area contributed by atoms with E-state index in [9.17, 15) is 0 Å². The molecule has 0 saturated carbocycles. The molecular weight excluding hydrogens is 272 g/mol. The van der Waals surface area contributed by atoms with Gasteiger partial charge >= 0.3 is 0 Å². The van der Waals surface area contributed by atoms with Gasteiger partial charge < -0.3 is 5.32 Å². The van der Waals surface area contributed by atoms with Gasteiger partial charge in [-0.05, 0) is 45.0 Å². The van der Waals surface area contributed by atoms with Crippen LogP contribution in [-0.2, 0) is 0 Å². The summed E-state index contributed by atoms with van der Waals surface area (Å²) in [6.45, 7) is 7.06. The molecule has 4 nitrogen and oxygen atoms in total. The fraction of sp³-hybridized carbons (Fsp3) is 0.222. The van der Waals surface area contributed by atoms with Crippen molar-refractivity contribution in [2.45, 2.75) is 20.8 Å². The molecule has 1 aromatic carbocycles. The van der Waals surface area contributed by atoms with Crippen molar-refractivity contribution < 1.29 is 0 Å². The van der Waals surface area contributed by atoms with Crippen LogP contribution < -0.4 is 5.32 Å². The summed E-state index contributed by atoms with van der Waals surface area (Å²) < 4.78 is 1.98. The number of hydrogen-bond acceptors (Lipinski definition) is 3. The quantitative estimate of drug-likeness (QED) is 0.791. The largest absolute Gasteiger partial charge is 0.370 e. The van der Waals surface area contributed by atoms with E-state index < -0.39 is 0 Å². The molecule has 2 heterocycles. The number of aromatic nitrogens is 3. The summed E-state index contributed by atoms with van der Waals surface area (Å²) in [5.74, 6) is 1.04. The van der Waals surface area contributed by atoms with Gasteiger partial charge in [-0.15, -0.1) is 0 Å². The predicted octanol–water partition coefficient (Wildman–Crippen LogP) is 3.98. The van der Waals surface area contributed by atoms with Crippen molar-refractivity contribution in [1.82, 2.24) is 14.8 Å². The Labute approximate surface area is 130 Å². The Hall–Kier alpha value is -2.62. The van der Waals surface area contributed by atoms with Crippen molar-refractivity contribution in [3.05, 3.63) is 59.9 Å². The lowest BCUT2D eigenvalue weighted by Gasteiger charge is -2.08. The van der Waals surface area contributed by atoms with E-state index in [1.54, 1.807) is 0 Å². The molecule has 1 N–H and O–H groups in total. The highest BCUT2D eigenvalue weighted by atomic mass is 15.3. The number of nitrogens with one attached hydrogen (secondary N) is 1. The van der Waals surface area contributed by atoms with Crippen molar-refractivity contribution in [2.75, 3.05) is 11.9 Å². The van der Waals surface area contributed by atoms with Gasteiger partial charge in [0.2, 0.25) is 0 Å². The average molecular weight is 292 g/mol. The van der Waals surface area contributed by atoms with Gasteiger partial charge in [-0.3, -0.25) is 4.98 Å². The fourth-order valence-corrected chi connectivity index (χ4v) is 2.59. The lowest BCUT2D eigenvalue weighted by Crippen LogP contribution is -2.06. The van der Waals surface area contributed by atoms with E-state index in [4.69, 9.17) is 5.10 Å². The maximum absolute atomic E-state index is 4.84. The van der Waals surface area contributed by atoms with Crippen molar-refractivity contribution in [1.29, 1.82) is 0 Å². The van der Waals surface area contributed by atoms with Gasteiger partial charge in [0.25, 0.3) is 0 Å². The molecule has 0 fully saturated rings. The zero-order chi connectivity index (χ0) is 15.5. The number of para-hydroxylation sites is 1. The standard InChI is InChI=1S/C18H20N4/c1-4-19-18-14(3)17(15-10-11-20-13(2)12-15)21-22(18)16-8-6-5-7-9-16/h5-12,19H,4H2,1-3H3. The third-order valence-corrected chi connectivity index (χ3v) is 3.64. The van der Waals surface area contributed by atoms with Gasteiger partial charge in [0.15, 0.2) is 0 Å². The summed E-state index contributed by atoms with van der Waals surface area (Å²) in [7, 11) is 0. The maximum atomic E-state index is 4.84. The topological polar surface area (TPSA) is 42.7 Å². The molecule has 0 radical (unpaired) electrons. The molecule has 3 rings (SSSR count). The van der Waals surface area contributed by atoms with E-state index in [0.29, 0.717) is 0 Å². The van der Waals surface area contributed by atoms with E-state index >= 15 is 0 Å². The van der Waals surface area contributed by atoms with Crippen LogP contribution >= 0.6 is 0 Å². The van der Waals surface area contributed by atoms with Crippen LogP contribution in [-0.4, -0.2) is 21.3 Å². The Morgan fingerprint density at radius 3 is 2.55 bits per heavy atom. The second kappa shape index (κ2) is 6.02. The summed E-state index contributed by atoms with van der Waals surface area (Å²) >= 11 is 0. The molecule has 4 heteroatoms. The zero-order valence-corrected chi connectivity index (χ0v) is 13.2. The summed E-state index contributed by atoms with van der Waals surface area (Å²) in [6.07, 6.45) is 1.83. The normalized spacial score (nSPS) is 10.7. The summed E-state index contributed by atoms with van der Waals surface area (Å²) in [5.41, 5.74) is 5.29. The lowest BCUT2D eigenvalue weighted by atomic mass is 10.1. The number of hydrogen-bond donors (Lipinski definition) is 1. The van der Waals surface area contributed by atoms with Crippen molar-refractivity contribution >= 4 is 5.82 Å². The monoisotopic (exact) mass is 292 g/mol.